The van der Waals surface area contributed by atoms with Crippen molar-refractivity contribution >= 4 is 11.6 Å². The van der Waals surface area contributed by atoms with E-state index in [-0.39, 0.29) is 5.91 Å². The third-order valence-corrected chi connectivity index (χ3v) is 2.49. The summed E-state index contributed by atoms with van der Waals surface area (Å²) in [6.45, 7) is 0. The highest BCUT2D eigenvalue weighted by Gasteiger charge is 2.16. The molecule has 1 amide bonds. The van der Waals surface area contributed by atoms with Crippen LogP contribution < -0.4 is 5.43 Å². The number of nitrogens with zero attached hydrogens (tertiary/aromatic N) is 4. The summed E-state index contributed by atoms with van der Waals surface area (Å²) >= 11 is 0. The van der Waals surface area contributed by atoms with E-state index in [0.29, 0.717) is 6.42 Å². The van der Waals surface area contributed by atoms with Crippen LogP contribution in [0.4, 0.5) is 0 Å². The summed E-state index contributed by atoms with van der Waals surface area (Å²) in [7, 11) is 0. The maximum atomic E-state index is 11.0. The number of nitrogens with one attached hydrogen (secondary N) is 1. The minimum Gasteiger partial charge on any atom is -0.291 e. The molecule has 6 heteroatoms. The third kappa shape index (κ3) is 1.80. The molecule has 0 fully saturated rings. The Labute approximate surface area is 97.0 Å². The van der Waals surface area contributed by atoms with Gasteiger partial charge in [-0.15, -0.1) is 0 Å². The van der Waals surface area contributed by atoms with Gasteiger partial charge < -0.3 is 0 Å². The van der Waals surface area contributed by atoms with Gasteiger partial charge in [0.1, 0.15) is 12.1 Å². The average Bonchev–Trinajstić information content (AvgIpc) is 3.00. The SMILES string of the molecule is O=C1CC(c2ccc(-n3ccnc3)nc2)=NN1. The third-order valence-electron chi connectivity index (χ3n) is 2.49. The molecular formula is C11H9N5O. The van der Waals surface area contributed by atoms with Crippen molar-refractivity contribution in [3.8, 4) is 5.82 Å². The molecule has 84 valence electrons. The van der Waals surface area contributed by atoms with Crippen LogP contribution in [0.5, 0.6) is 0 Å². The fraction of sp³-hybridized carbons (Fsp3) is 0.0909. The second kappa shape index (κ2) is 3.82. The van der Waals surface area contributed by atoms with Gasteiger partial charge in [0.25, 0.3) is 0 Å². The molecule has 2 aromatic rings. The molecule has 6 nitrogen and oxygen atoms in total. The molecule has 0 atom stereocenters. The first-order chi connectivity index (χ1) is 8.33. The molecule has 1 aliphatic rings. The second-order valence-electron chi connectivity index (χ2n) is 3.65. The van der Waals surface area contributed by atoms with Crippen molar-refractivity contribution in [2.75, 3.05) is 0 Å². The van der Waals surface area contributed by atoms with Gasteiger partial charge in [0, 0.05) is 24.2 Å². The number of imidazole rings is 1. The molecule has 3 rings (SSSR count). The number of hydrazone groups is 1. The molecule has 1 aliphatic heterocycles. The van der Waals surface area contributed by atoms with Crippen LogP contribution in [-0.2, 0) is 4.79 Å². The molecule has 2 aromatic heterocycles. The number of aromatic nitrogens is 3. The first-order valence-electron chi connectivity index (χ1n) is 5.13. The second-order valence-corrected chi connectivity index (χ2v) is 3.65. The summed E-state index contributed by atoms with van der Waals surface area (Å²) in [5.74, 6) is 0.697. The van der Waals surface area contributed by atoms with Crippen molar-refractivity contribution in [3.63, 3.8) is 0 Å². The number of carbonyl (C=O) groups excluding carboxylic acids is 1. The lowest BCUT2D eigenvalue weighted by Crippen LogP contribution is -2.09. The van der Waals surface area contributed by atoms with Crippen molar-refractivity contribution in [1.29, 1.82) is 0 Å². The Hall–Kier alpha value is -2.50. The van der Waals surface area contributed by atoms with Crippen LogP contribution >= 0.6 is 0 Å². The van der Waals surface area contributed by atoms with Gasteiger partial charge in [-0.25, -0.2) is 15.4 Å². The van der Waals surface area contributed by atoms with Gasteiger partial charge >= 0.3 is 0 Å². The lowest BCUT2D eigenvalue weighted by Gasteiger charge is -2.02. The van der Waals surface area contributed by atoms with Crippen LogP contribution in [0.25, 0.3) is 5.82 Å². The molecule has 1 N–H and O–H groups in total. The molecule has 0 saturated heterocycles. The summed E-state index contributed by atoms with van der Waals surface area (Å²) in [5, 5.41) is 3.94. The van der Waals surface area contributed by atoms with Crippen LogP contribution in [0.3, 0.4) is 0 Å². The van der Waals surface area contributed by atoms with Crippen molar-refractivity contribution < 1.29 is 4.79 Å². The normalized spacial score (nSPS) is 14.6. The smallest absolute Gasteiger partial charge is 0.246 e. The van der Waals surface area contributed by atoms with Crippen molar-refractivity contribution in [2.45, 2.75) is 6.42 Å². The van der Waals surface area contributed by atoms with E-state index < -0.39 is 0 Å². The van der Waals surface area contributed by atoms with Gasteiger partial charge in [0.15, 0.2) is 0 Å². The topological polar surface area (TPSA) is 72.2 Å². The molecule has 0 aliphatic carbocycles. The van der Waals surface area contributed by atoms with E-state index in [4.69, 9.17) is 0 Å². The fourth-order valence-corrected chi connectivity index (χ4v) is 1.63. The lowest BCUT2D eigenvalue weighted by atomic mass is 10.1. The van der Waals surface area contributed by atoms with E-state index in [9.17, 15) is 4.79 Å². The van der Waals surface area contributed by atoms with Crippen LogP contribution in [0.1, 0.15) is 12.0 Å². The summed E-state index contributed by atoms with van der Waals surface area (Å²) < 4.78 is 1.81. The Kier molecular flexibility index (Phi) is 2.18. The van der Waals surface area contributed by atoms with Crippen molar-refractivity contribution in [3.05, 3.63) is 42.6 Å². The molecule has 0 bridgehead atoms. The molecule has 3 heterocycles. The van der Waals surface area contributed by atoms with E-state index in [1.807, 2.05) is 22.9 Å². The van der Waals surface area contributed by atoms with Gasteiger partial charge in [-0.05, 0) is 12.1 Å². The lowest BCUT2D eigenvalue weighted by molar-refractivity contribution is -0.119. The predicted octanol–water partition coefficient (Wildman–Crippen LogP) is 0.491. The molecule has 17 heavy (non-hydrogen) atoms. The monoisotopic (exact) mass is 227 g/mol. The van der Waals surface area contributed by atoms with Gasteiger partial charge in [0.2, 0.25) is 5.91 Å². The van der Waals surface area contributed by atoms with Crippen LogP contribution in [0.15, 0.2) is 42.2 Å². The molecular weight excluding hydrogens is 218 g/mol. The Morgan fingerprint density at radius 2 is 2.29 bits per heavy atom. The van der Waals surface area contributed by atoms with Gasteiger partial charge in [0.05, 0.1) is 12.1 Å². The van der Waals surface area contributed by atoms with Gasteiger partial charge in [-0.1, -0.05) is 0 Å². The highest BCUT2D eigenvalue weighted by Crippen LogP contribution is 2.10. The molecule has 0 spiro atoms. The minimum atomic E-state index is -0.0845. The molecule has 0 aromatic carbocycles. The van der Waals surface area contributed by atoms with Gasteiger partial charge in [-0.3, -0.25) is 9.36 Å². The number of amides is 1. The van der Waals surface area contributed by atoms with Crippen LogP contribution in [-0.4, -0.2) is 26.2 Å². The van der Waals surface area contributed by atoms with Gasteiger partial charge in [-0.2, -0.15) is 5.10 Å². The zero-order chi connectivity index (χ0) is 11.7. The maximum absolute atomic E-state index is 11.0. The largest absolute Gasteiger partial charge is 0.291 e. The maximum Gasteiger partial charge on any atom is 0.246 e. The zero-order valence-electron chi connectivity index (χ0n) is 8.87. The zero-order valence-corrected chi connectivity index (χ0v) is 8.87. The van der Waals surface area contributed by atoms with E-state index in [1.165, 1.54) is 0 Å². The number of rotatable bonds is 2. The Morgan fingerprint density at radius 3 is 2.88 bits per heavy atom. The van der Waals surface area contributed by atoms with Crippen LogP contribution in [0, 0.1) is 0 Å². The minimum absolute atomic E-state index is 0.0845. The van der Waals surface area contributed by atoms with E-state index >= 15 is 0 Å². The Balaban J connectivity index is 1.88. The Bertz CT molecular complexity index is 570. The fourth-order valence-electron chi connectivity index (χ4n) is 1.63. The molecule has 0 radical (unpaired) electrons. The van der Waals surface area contributed by atoms with E-state index in [2.05, 4.69) is 20.5 Å². The Morgan fingerprint density at radius 1 is 1.35 bits per heavy atom. The highest BCUT2D eigenvalue weighted by molar-refractivity contribution is 6.13. The standard InChI is InChI=1S/C11H9N5O/c17-11-5-9(14-15-11)8-1-2-10(13-6-8)16-4-3-12-7-16/h1-4,6-7H,5H2,(H,15,17). The number of carbonyl (C=O) groups is 1. The number of hydrogen-bond donors (Lipinski definition) is 1. The summed E-state index contributed by atoms with van der Waals surface area (Å²) in [6, 6.07) is 3.75. The summed E-state index contributed by atoms with van der Waals surface area (Å²) in [5.41, 5.74) is 3.99. The van der Waals surface area contributed by atoms with E-state index in [1.54, 1.807) is 18.7 Å². The summed E-state index contributed by atoms with van der Waals surface area (Å²) in [4.78, 5) is 19.3. The predicted molar refractivity (Wildman–Crippen MR) is 60.7 cm³/mol. The number of pyridine rings is 1. The quantitative estimate of drug-likeness (QED) is 0.811. The summed E-state index contributed by atoms with van der Waals surface area (Å²) in [6.07, 6.45) is 7.21. The van der Waals surface area contributed by atoms with E-state index in [0.717, 1.165) is 17.1 Å². The number of hydrogen-bond acceptors (Lipinski definition) is 4. The molecule has 0 unspecified atom stereocenters. The molecule has 0 saturated carbocycles. The van der Waals surface area contributed by atoms with Crippen LogP contribution in [0.2, 0.25) is 0 Å². The first kappa shape index (κ1) is 9.71. The van der Waals surface area contributed by atoms with Crippen molar-refractivity contribution in [2.24, 2.45) is 5.10 Å². The highest BCUT2D eigenvalue weighted by atomic mass is 16.2. The first-order valence-corrected chi connectivity index (χ1v) is 5.13. The van der Waals surface area contributed by atoms with Crippen molar-refractivity contribution in [1.82, 2.24) is 20.0 Å². The average molecular weight is 227 g/mol.